The van der Waals surface area contributed by atoms with Crippen LogP contribution in [-0.4, -0.2) is 21.1 Å². The molecule has 0 bridgehead atoms. The zero-order valence-corrected chi connectivity index (χ0v) is 9.94. The predicted molar refractivity (Wildman–Crippen MR) is 57.5 cm³/mol. The molecule has 0 aliphatic carbocycles. The number of carbonyl (C=O) groups is 1. The molecule has 1 aromatic heterocycles. The van der Waals surface area contributed by atoms with E-state index in [0.29, 0.717) is 0 Å². The highest BCUT2D eigenvalue weighted by Crippen LogP contribution is 2.15. The molecule has 1 unspecified atom stereocenters. The molecular formula is C11H18N2O2. The van der Waals surface area contributed by atoms with Crippen LogP contribution in [0.1, 0.15) is 39.4 Å². The molecule has 0 aliphatic rings. The summed E-state index contributed by atoms with van der Waals surface area (Å²) in [5, 5.41) is 0. The van der Waals surface area contributed by atoms with Crippen molar-refractivity contribution in [3.63, 3.8) is 0 Å². The largest absolute Gasteiger partial charge is 0.458 e. The highest BCUT2D eigenvalue weighted by atomic mass is 16.6. The van der Waals surface area contributed by atoms with Gasteiger partial charge in [-0.05, 0) is 34.6 Å². The van der Waals surface area contributed by atoms with Gasteiger partial charge in [0, 0.05) is 11.9 Å². The van der Waals surface area contributed by atoms with E-state index in [-0.39, 0.29) is 12.0 Å². The van der Waals surface area contributed by atoms with Crippen molar-refractivity contribution in [3.8, 4) is 0 Å². The van der Waals surface area contributed by atoms with Crippen molar-refractivity contribution in [3.05, 3.63) is 18.2 Å². The van der Waals surface area contributed by atoms with Gasteiger partial charge in [-0.1, -0.05) is 0 Å². The van der Waals surface area contributed by atoms with Gasteiger partial charge in [0.25, 0.3) is 0 Å². The highest BCUT2D eigenvalue weighted by molar-refractivity contribution is 5.74. The number of carbonyl (C=O) groups excluding carboxylic acids is 1. The Morgan fingerprint density at radius 2 is 2.13 bits per heavy atom. The molecule has 0 aliphatic heterocycles. The van der Waals surface area contributed by atoms with Crippen LogP contribution >= 0.6 is 0 Å². The minimum Gasteiger partial charge on any atom is -0.458 e. The Morgan fingerprint density at radius 3 is 2.53 bits per heavy atom. The van der Waals surface area contributed by atoms with Crippen molar-refractivity contribution in [2.45, 2.75) is 46.3 Å². The number of ether oxygens (including phenoxy) is 1. The van der Waals surface area contributed by atoms with Crippen molar-refractivity contribution >= 4 is 5.97 Å². The minimum atomic E-state index is -0.445. The lowest BCUT2D eigenvalue weighted by Crippen LogP contribution is -2.29. The molecule has 4 heteroatoms. The molecule has 0 amide bonds. The van der Waals surface area contributed by atoms with E-state index in [1.54, 1.807) is 17.1 Å². The second kappa shape index (κ2) is 4.04. The Morgan fingerprint density at radius 1 is 1.53 bits per heavy atom. The fourth-order valence-corrected chi connectivity index (χ4v) is 1.28. The number of aromatic nitrogens is 2. The van der Waals surface area contributed by atoms with E-state index in [1.807, 2.05) is 34.6 Å². The van der Waals surface area contributed by atoms with Gasteiger partial charge >= 0.3 is 5.97 Å². The van der Waals surface area contributed by atoms with Gasteiger partial charge in [0.2, 0.25) is 0 Å². The van der Waals surface area contributed by atoms with Crippen LogP contribution in [0.15, 0.2) is 12.5 Å². The van der Waals surface area contributed by atoms with Crippen LogP contribution in [0.4, 0.5) is 0 Å². The van der Waals surface area contributed by atoms with E-state index >= 15 is 0 Å². The van der Waals surface area contributed by atoms with E-state index in [0.717, 1.165) is 5.69 Å². The maximum absolute atomic E-state index is 11.7. The Balaban J connectivity index is 2.74. The average molecular weight is 210 g/mol. The van der Waals surface area contributed by atoms with E-state index in [9.17, 15) is 4.79 Å². The van der Waals surface area contributed by atoms with Crippen LogP contribution in [0.5, 0.6) is 0 Å². The van der Waals surface area contributed by atoms with Gasteiger partial charge in [-0.2, -0.15) is 0 Å². The summed E-state index contributed by atoms with van der Waals surface area (Å²) in [5.41, 5.74) is 0.508. The standard InChI is InChI=1S/C11H18N2O2/c1-8-6-12-7-13(8)9(2)10(14)15-11(3,4)5/h6-7,9H,1-5H3. The number of nitrogens with zero attached hydrogens (tertiary/aromatic N) is 2. The molecule has 0 saturated carbocycles. The first kappa shape index (κ1) is 11.8. The highest BCUT2D eigenvalue weighted by Gasteiger charge is 2.23. The van der Waals surface area contributed by atoms with Crippen LogP contribution in [-0.2, 0) is 9.53 Å². The Labute approximate surface area is 90.3 Å². The maximum atomic E-state index is 11.7. The third-order valence-electron chi connectivity index (χ3n) is 2.02. The molecule has 84 valence electrons. The molecule has 15 heavy (non-hydrogen) atoms. The SMILES string of the molecule is Cc1cncn1C(C)C(=O)OC(C)(C)C. The van der Waals surface area contributed by atoms with Crippen molar-refractivity contribution < 1.29 is 9.53 Å². The second-order valence-electron chi connectivity index (χ2n) is 4.65. The van der Waals surface area contributed by atoms with Gasteiger partial charge < -0.3 is 9.30 Å². The van der Waals surface area contributed by atoms with Crippen LogP contribution in [0, 0.1) is 6.92 Å². The number of esters is 1. The average Bonchev–Trinajstić information content (AvgIpc) is 2.47. The second-order valence-corrected chi connectivity index (χ2v) is 4.65. The molecule has 1 heterocycles. The number of rotatable bonds is 2. The Kier molecular flexibility index (Phi) is 3.17. The first-order chi connectivity index (χ1) is 6.81. The number of hydrogen-bond donors (Lipinski definition) is 0. The lowest BCUT2D eigenvalue weighted by atomic mass is 10.2. The summed E-state index contributed by atoms with van der Waals surface area (Å²) in [6.07, 6.45) is 3.37. The fourth-order valence-electron chi connectivity index (χ4n) is 1.28. The quantitative estimate of drug-likeness (QED) is 0.702. The molecule has 0 N–H and O–H groups in total. The lowest BCUT2D eigenvalue weighted by molar-refractivity contribution is -0.158. The molecule has 4 nitrogen and oxygen atoms in total. The Hall–Kier alpha value is -1.32. The molecule has 1 rings (SSSR count). The van der Waals surface area contributed by atoms with Crippen molar-refractivity contribution in [2.75, 3.05) is 0 Å². The van der Waals surface area contributed by atoms with Gasteiger partial charge in [0.05, 0.1) is 6.33 Å². The van der Waals surface area contributed by atoms with Gasteiger partial charge in [0.15, 0.2) is 0 Å². The smallest absolute Gasteiger partial charge is 0.329 e. The van der Waals surface area contributed by atoms with Crippen molar-refractivity contribution in [1.82, 2.24) is 9.55 Å². The van der Waals surface area contributed by atoms with Crippen LogP contribution in [0.2, 0.25) is 0 Å². The van der Waals surface area contributed by atoms with Crippen molar-refractivity contribution in [2.24, 2.45) is 0 Å². The molecule has 0 saturated heterocycles. The Bertz CT molecular complexity index is 350. The predicted octanol–water partition coefficient (Wildman–Crippen LogP) is 2.09. The molecule has 1 aromatic rings. The first-order valence-electron chi connectivity index (χ1n) is 5.02. The third kappa shape index (κ3) is 3.08. The summed E-state index contributed by atoms with van der Waals surface area (Å²) in [6.45, 7) is 9.30. The third-order valence-corrected chi connectivity index (χ3v) is 2.02. The summed E-state index contributed by atoms with van der Waals surface area (Å²) in [4.78, 5) is 15.7. The van der Waals surface area contributed by atoms with Gasteiger partial charge in [-0.3, -0.25) is 0 Å². The monoisotopic (exact) mass is 210 g/mol. The van der Waals surface area contributed by atoms with Gasteiger partial charge in [0.1, 0.15) is 11.6 Å². The van der Waals surface area contributed by atoms with Crippen LogP contribution < -0.4 is 0 Å². The molecule has 1 atom stereocenters. The molecule has 0 spiro atoms. The summed E-state index contributed by atoms with van der Waals surface area (Å²) in [6, 6.07) is -0.327. The van der Waals surface area contributed by atoms with Gasteiger partial charge in [-0.15, -0.1) is 0 Å². The summed E-state index contributed by atoms with van der Waals surface area (Å²) >= 11 is 0. The van der Waals surface area contributed by atoms with E-state index in [1.165, 1.54) is 0 Å². The molecule has 0 fully saturated rings. The fraction of sp³-hybridized carbons (Fsp3) is 0.636. The number of hydrogen-bond acceptors (Lipinski definition) is 3. The molecule has 0 aromatic carbocycles. The minimum absolute atomic E-state index is 0.233. The van der Waals surface area contributed by atoms with E-state index in [4.69, 9.17) is 4.74 Å². The molecular weight excluding hydrogens is 192 g/mol. The lowest BCUT2D eigenvalue weighted by Gasteiger charge is -2.23. The normalized spacial score (nSPS) is 13.7. The zero-order chi connectivity index (χ0) is 11.6. The van der Waals surface area contributed by atoms with Crippen LogP contribution in [0.3, 0.4) is 0 Å². The van der Waals surface area contributed by atoms with E-state index < -0.39 is 5.60 Å². The number of imidazole rings is 1. The summed E-state index contributed by atoms with van der Waals surface area (Å²) in [5.74, 6) is -0.233. The zero-order valence-electron chi connectivity index (χ0n) is 9.94. The molecule has 0 radical (unpaired) electrons. The number of aryl methyl sites for hydroxylation is 1. The summed E-state index contributed by atoms with van der Waals surface area (Å²) in [7, 11) is 0. The summed E-state index contributed by atoms with van der Waals surface area (Å²) < 4.78 is 7.09. The van der Waals surface area contributed by atoms with Crippen LogP contribution in [0.25, 0.3) is 0 Å². The topological polar surface area (TPSA) is 44.1 Å². The maximum Gasteiger partial charge on any atom is 0.329 e. The van der Waals surface area contributed by atoms with E-state index in [2.05, 4.69) is 4.98 Å². The first-order valence-corrected chi connectivity index (χ1v) is 5.02. The van der Waals surface area contributed by atoms with Crippen molar-refractivity contribution in [1.29, 1.82) is 0 Å². The van der Waals surface area contributed by atoms with Gasteiger partial charge in [-0.25, -0.2) is 9.78 Å².